The van der Waals surface area contributed by atoms with Crippen molar-refractivity contribution in [1.82, 2.24) is 4.90 Å². The summed E-state index contributed by atoms with van der Waals surface area (Å²) in [6.07, 6.45) is 0.388. The highest BCUT2D eigenvalue weighted by atomic mass is 16.5. The fourth-order valence-electron chi connectivity index (χ4n) is 1.28. The van der Waals surface area contributed by atoms with E-state index in [1.807, 2.05) is 0 Å². The smallest absolute Gasteiger partial charge is 0.306 e. The van der Waals surface area contributed by atoms with Crippen LogP contribution in [0.2, 0.25) is 0 Å². The molecule has 0 bridgehead atoms. The predicted molar refractivity (Wildman–Crippen MR) is 48.6 cm³/mol. The highest BCUT2D eigenvalue weighted by Crippen LogP contribution is 2.02. The third-order valence-electron chi connectivity index (χ3n) is 2.13. The van der Waals surface area contributed by atoms with E-state index in [0.717, 1.165) is 0 Å². The summed E-state index contributed by atoms with van der Waals surface area (Å²) < 4.78 is 9.56. The molecule has 5 heteroatoms. The Bertz CT molecular complexity index is 211. The fourth-order valence-corrected chi connectivity index (χ4v) is 1.28. The molecule has 0 aliphatic carbocycles. The first-order valence-electron chi connectivity index (χ1n) is 4.66. The van der Waals surface area contributed by atoms with Gasteiger partial charge in [-0.2, -0.15) is 0 Å². The lowest BCUT2D eigenvalue weighted by atomic mass is 10.2. The maximum atomic E-state index is 11.5. The Labute approximate surface area is 83.0 Å². The summed E-state index contributed by atoms with van der Waals surface area (Å²) in [5.41, 5.74) is 0. The fraction of sp³-hybridized carbons (Fsp3) is 0.778. The molecule has 80 valence electrons. The van der Waals surface area contributed by atoms with Gasteiger partial charge in [0, 0.05) is 19.5 Å². The highest BCUT2D eigenvalue weighted by molar-refractivity contribution is 5.81. The van der Waals surface area contributed by atoms with Gasteiger partial charge >= 0.3 is 5.97 Å². The maximum absolute atomic E-state index is 11.5. The minimum Gasteiger partial charge on any atom is -0.469 e. The average Bonchev–Trinajstić information content (AvgIpc) is 2.26. The van der Waals surface area contributed by atoms with E-state index in [9.17, 15) is 9.59 Å². The van der Waals surface area contributed by atoms with Gasteiger partial charge in [-0.25, -0.2) is 0 Å². The van der Waals surface area contributed by atoms with E-state index in [-0.39, 0.29) is 24.7 Å². The monoisotopic (exact) mass is 201 g/mol. The van der Waals surface area contributed by atoms with Gasteiger partial charge in [0.2, 0.25) is 5.91 Å². The predicted octanol–water partition coefficient (Wildman–Crippen LogP) is -0.202. The second kappa shape index (κ2) is 5.59. The van der Waals surface area contributed by atoms with Crippen LogP contribution in [0.3, 0.4) is 0 Å². The highest BCUT2D eigenvalue weighted by Gasteiger charge is 2.17. The molecule has 1 amide bonds. The van der Waals surface area contributed by atoms with E-state index in [1.54, 1.807) is 4.90 Å². The summed E-state index contributed by atoms with van der Waals surface area (Å²) in [6.45, 7) is 2.42. The Morgan fingerprint density at radius 1 is 1.29 bits per heavy atom. The van der Waals surface area contributed by atoms with Crippen molar-refractivity contribution in [3.05, 3.63) is 0 Å². The van der Waals surface area contributed by atoms with Crippen molar-refractivity contribution in [3.8, 4) is 0 Å². The van der Waals surface area contributed by atoms with Crippen LogP contribution in [-0.4, -0.2) is 50.2 Å². The Morgan fingerprint density at radius 2 is 1.93 bits per heavy atom. The van der Waals surface area contributed by atoms with Gasteiger partial charge in [0.05, 0.1) is 26.7 Å². The molecule has 1 fully saturated rings. The molecule has 0 N–H and O–H groups in total. The van der Waals surface area contributed by atoms with Crippen molar-refractivity contribution in [2.45, 2.75) is 12.8 Å². The Hall–Kier alpha value is -1.10. The van der Waals surface area contributed by atoms with Crippen LogP contribution in [-0.2, 0) is 19.1 Å². The maximum Gasteiger partial charge on any atom is 0.306 e. The zero-order valence-electron chi connectivity index (χ0n) is 8.32. The molecule has 0 aromatic heterocycles. The first kappa shape index (κ1) is 11.0. The molecule has 0 aromatic rings. The molecule has 14 heavy (non-hydrogen) atoms. The summed E-state index contributed by atoms with van der Waals surface area (Å²) >= 11 is 0. The van der Waals surface area contributed by atoms with Crippen molar-refractivity contribution in [1.29, 1.82) is 0 Å². The van der Waals surface area contributed by atoms with Crippen LogP contribution in [0.25, 0.3) is 0 Å². The zero-order chi connectivity index (χ0) is 10.4. The largest absolute Gasteiger partial charge is 0.469 e. The number of amides is 1. The molecule has 1 heterocycles. The second-order valence-electron chi connectivity index (χ2n) is 3.07. The van der Waals surface area contributed by atoms with Gasteiger partial charge in [-0.1, -0.05) is 0 Å². The van der Waals surface area contributed by atoms with E-state index in [0.29, 0.717) is 26.3 Å². The first-order valence-corrected chi connectivity index (χ1v) is 4.66. The van der Waals surface area contributed by atoms with Crippen LogP contribution in [0, 0.1) is 0 Å². The number of carbonyl (C=O) groups is 2. The second-order valence-corrected chi connectivity index (χ2v) is 3.07. The summed E-state index contributed by atoms with van der Waals surface area (Å²) in [4.78, 5) is 24.0. The average molecular weight is 201 g/mol. The van der Waals surface area contributed by atoms with E-state index in [1.165, 1.54) is 7.11 Å². The standard InChI is InChI=1S/C9H15NO4/c1-13-9(12)3-2-8(11)10-4-6-14-7-5-10/h2-7H2,1H3. The number of rotatable bonds is 3. The van der Waals surface area contributed by atoms with Crippen molar-refractivity contribution in [2.24, 2.45) is 0 Å². The summed E-state index contributed by atoms with van der Waals surface area (Å²) in [7, 11) is 1.32. The molecule has 0 aromatic carbocycles. The van der Waals surface area contributed by atoms with Gasteiger partial charge in [-0.3, -0.25) is 9.59 Å². The molecule has 5 nitrogen and oxygen atoms in total. The summed E-state index contributed by atoms with van der Waals surface area (Å²) in [6, 6.07) is 0. The van der Waals surface area contributed by atoms with Crippen LogP contribution < -0.4 is 0 Å². The van der Waals surface area contributed by atoms with Gasteiger partial charge in [0.25, 0.3) is 0 Å². The van der Waals surface area contributed by atoms with Crippen LogP contribution >= 0.6 is 0 Å². The topological polar surface area (TPSA) is 55.8 Å². The molecule has 0 atom stereocenters. The van der Waals surface area contributed by atoms with Crippen molar-refractivity contribution in [2.75, 3.05) is 33.4 Å². The van der Waals surface area contributed by atoms with Gasteiger partial charge in [0.15, 0.2) is 0 Å². The molecule has 1 rings (SSSR count). The lowest BCUT2D eigenvalue weighted by Crippen LogP contribution is -2.40. The van der Waals surface area contributed by atoms with Crippen LogP contribution in [0.1, 0.15) is 12.8 Å². The van der Waals surface area contributed by atoms with E-state index < -0.39 is 0 Å². The number of hydrogen-bond donors (Lipinski definition) is 0. The minimum atomic E-state index is -0.341. The number of ether oxygens (including phenoxy) is 2. The van der Waals surface area contributed by atoms with Crippen LogP contribution in [0.5, 0.6) is 0 Å². The lowest BCUT2D eigenvalue weighted by Gasteiger charge is -2.26. The van der Waals surface area contributed by atoms with Gasteiger partial charge in [-0.05, 0) is 0 Å². The Morgan fingerprint density at radius 3 is 2.50 bits per heavy atom. The van der Waals surface area contributed by atoms with E-state index >= 15 is 0 Å². The number of nitrogens with zero attached hydrogens (tertiary/aromatic N) is 1. The Kier molecular flexibility index (Phi) is 4.39. The number of methoxy groups -OCH3 is 1. The zero-order valence-corrected chi connectivity index (χ0v) is 8.32. The van der Waals surface area contributed by atoms with Crippen LogP contribution in [0.4, 0.5) is 0 Å². The van der Waals surface area contributed by atoms with Gasteiger partial charge in [0.1, 0.15) is 0 Å². The molecule has 0 radical (unpaired) electrons. The summed E-state index contributed by atoms with van der Waals surface area (Å²) in [5.74, 6) is -0.342. The third kappa shape index (κ3) is 3.33. The number of morpholine rings is 1. The molecule has 1 aliphatic heterocycles. The molecular formula is C9H15NO4. The van der Waals surface area contributed by atoms with E-state index in [4.69, 9.17) is 4.74 Å². The van der Waals surface area contributed by atoms with Crippen LogP contribution in [0.15, 0.2) is 0 Å². The number of hydrogen-bond acceptors (Lipinski definition) is 4. The van der Waals surface area contributed by atoms with E-state index in [2.05, 4.69) is 4.74 Å². The molecule has 0 spiro atoms. The molecule has 0 unspecified atom stereocenters. The Balaban J connectivity index is 2.23. The molecular weight excluding hydrogens is 186 g/mol. The summed E-state index contributed by atoms with van der Waals surface area (Å²) in [5, 5.41) is 0. The molecule has 1 saturated heterocycles. The normalized spacial score (nSPS) is 16.5. The molecule has 0 saturated carbocycles. The van der Waals surface area contributed by atoms with Crippen molar-refractivity contribution >= 4 is 11.9 Å². The van der Waals surface area contributed by atoms with Crippen molar-refractivity contribution < 1.29 is 19.1 Å². The lowest BCUT2D eigenvalue weighted by molar-refractivity contribution is -0.144. The third-order valence-corrected chi connectivity index (χ3v) is 2.13. The van der Waals surface area contributed by atoms with Gasteiger partial charge in [-0.15, -0.1) is 0 Å². The number of carbonyl (C=O) groups excluding carboxylic acids is 2. The minimum absolute atomic E-state index is 0.00120. The quantitative estimate of drug-likeness (QED) is 0.593. The van der Waals surface area contributed by atoms with Gasteiger partial charge < -0.3 is 14.4 Å². The SMILES string of the molecule is COC(=O)CCC(=O)N1CCOCC1. The first-order chi connectivity index (χ1) is 6.74. The molecule has 1 aliphatic rings. The van der Waals surface area contributed by atoms with Crippen molar-refractivity contribution in [3.63, 3.8) is 0 Å². The number of esters is 1.